The molecule has 106 valence electrons. The van der Waals surface area contributed by atoms with Gasteiger partial charge in [-0.2, -0.15) is 0 Å². The number of fused-ring (bicyclic) bond motifs is 1. The molecule has 21 heavy (non-hydrogen) atoms. The minimum Gasteiger partial charge on any atom is -0.378 e. The van der Waals surface area contributed by atoms with Crippen LogP contribution in [0.5, 0.6) is 0 Å². The Morgan fingerprint density at radius 2 is 1.86 bits per heavy atom. The second-order valence-corrected chi connectivity index (χ2v) is 5.42. The summed E-state index contributed by atoms with van der Waals surface area (Å²) in [5.41, 5.74) is 3.19. The van der Waals surface area contributed by atoms with Gasteiger partial charge in [0, 0.05) is 17.3 Å². The van der Waals surface area contributed by atoms with Crippen molar-refractivity contribution in [3.05, 3.63) is 71.4 Å². The van der Waals surface area contributed by atoms with Gasteiger partial charge in [-0.25, -0.2) is 0 Å². The average Bonchev–Trinajstić information content (AvgIpc) is 2.55. The molecule has 2 aromatic carbocycles. The van der Waals surface area contributed by atoms with Crippen molar-refractivity contribution in [3.63, 3.8) is 0 Å². The Labute approximate surface area is 129 Å². The summed E-state index contributed by atoms with van der Waals surface area (Å²) in [5, 5.41) is 5.36. The number of pyridine rings is 1. The summed E-state index contributed by atoms with van der Waals surface area (Å²) in [7, 11) is 0. The van der Waals surface area contributed by atoms with Crippen LogP contribution in [-0.2, 0) is 0 Å². The van der Waals surface area contributed by atoms with Crippen molar-refractivity contribution in [1.29, 1.82) is 0 Å². The highest BCUT2D eigenvalue weighted by atomic mass is 35.5. The Kier molecular flexibility index (Phi) is 4.07. The maximum atomic E-state index is 6.23. The Morgan fingerprint density at radius 1 is 1.05 bits per heavy atom. The summed E-state index contributed by atoms with van der Waals surface area (Å²) in [5.74, 6) is 0. The Morgan fingerprint density at radius 3 is 2.62 bits per heavy atom. The second kappa shape index (κ2) is 6.15. The summed E-state index contributed by atoms with van der Waals surface area (Å²) in [6.07, 6.45) is 2.78. The molecule has 0 bridgehead atoms. The molecule has 1 N–H and O–H groups in total. The highest BCUT2D eigenvalue weighted by Gasteiger charge is 2.11. The summed E-state index contributed by atoms with van der Waals surface area (Å²) in [6, 6.07) is 18.7. The zero-order valence-electron chi connectivity index (χ0n) is 11.9. The quantitative estimate of drug-likeness (QED) is 0.692. The first kappa shape index (κ1) is 13.9. The molecule has 0 aliphatic carbocycles. The minimum atomic E-state index is 0.274. The average molecular weight is 297 g/mol. The number of hydrogen-bond donors (Lipinski definition) is 1. The fraction of sp³-hybridized carbons (Fsp3) is 0.167. The van der Waals surface area contributed by atoms with Crippen molar-refractivity contribution in [1.82, 2.24) is 4.98 Å². The standard InChI is InChI=1S/C18H17ClN2/c1-2-16(13-7-4-3-5-8-13)21-17-11-10-15(19)18-14(17)9-6-12-20-18/h3-12,16,21H,2H2,1H3. The molecular formula is C18H17ClN2. The normalized spacial score (nSPS) is 12.3. The topological polar surface area (TPSA) is 24.9 Å². The van der Waals surface area contributed by atoms with E-state index in [9.17, 15) is 0 Å². The molecule has 0 saturated heterocycles. The number of rotatable bonds is 4. The third kappa shape index (κ3) is 2.86. The molecule has 0 radical (unpaired) electrons. The van der Waals surface area contributed by atoms with Gasteiger partial charge in [0.15, 0.2) is 0 Å². The fourth-order valence-electron chi connectivity index (χ4n) is 2.56. The van der Waals surface area contributed by atoms with Crippen LogP contribution in [0.25, 0.3) is 10.9 Å². The highest BCUT2D eigenvalue weighted by molar-refractivity contribution is 6.35. The molecule has 0 saturated carbocycles. The third-order valence-electron chi connectivity index (χ3n) is 3.66. The predicted octanol–water partition coefficient (Wildman–Crippen LogP) is 5.45. The zero-order valence-corrected chi connectivity index (χ0v) is 12.6. The summed E-state index contributed by atoms with van der Waals surface area (Å²) in [6.45, 7) is 2.18. The van der Waals surface area contributed by atoms with Gasteiger partial charge >= 0.3 is 0 Å². The molecule has 1 heterocycles. The van der Waals surface area contributed by atoms with Crippen molar-refractivity contribution < 1.29 is 0 Å². The molecular weight excluding hydrogens is 280 g/mol. The van der Waals surface area contributed by atoms with Crippen molar-refractivity contribution in [3.8, 4) is 0 Å². The number of hydrogen-bond acceptors (Lipinski definition) is 2. The van der Waals surface area contributed by atoms with Gasteiger partial charge in [0.2, 0.25) is 0 Å². The van der Waals surface area contributed by atoms with Gasteiger partial charge < -0.3 is 5.32 Å². The summed E-state index contributed by atoms with van der Waals surface area (Å²) < 4.78 is 0. The lowest BCUT2D eigenvalue weighted by atomic mass is 10.0. The van der Waals surface area contributed by atoms with Crippen LogP contribution >= 0.6 is 11.6 Å². The van der Waals surface area contributed by atoms with Gasteiger partial charge in [-0.3, -0.25) is 4.98 Å². The van der Waals surface area contributed by atoms with Crippen molar-refractivity contribution >= 4 is 28.2 Å². The van der Waals surface area contributed by atoms with E-state index in [0.717, 1.165) is 23.0 Å². The van der Waals surface area contributed by atoms with E-state index in [-0.39, 0.29) is 6.04 Å². The van der Waals surface area contributed by atoms with Crippen LogP contribution in [0, 0.1) is 0 Å². The lowest BCUT2D eigenvalue weighted by molar-refractivity contribution is 0.750. The highest BCUT2D eigenvalue weighted by Crippen LogP contribution is 2.31. The van der Waals surface area contributed by atoms with Crippen LogP contribution in [-0.4, -0.2) is 4.98 Å². The minimum absolute atomic E-state index is 0.274. The van der Waals surface area contributed by atoms with Crippen LogP contribution in [0.4, 0.5) is 5.69 Å². The van der Waals surface area contributed by atoms with E-state index in [0.29, 0.717) is 5.02 Å². The Bertz CT molecular complexity index is 741. The molecule has 0 fully saturated rings. The Balaban J connectivity index is 1.99. The second-order valence-electron chi connectivity index (χ2n) is 5.01. The molecule has 0 aliphatic heterocycles. The van der Waals surface area contributed by atoms with E-state index in [1.165, 1.54) is 5.56 Å². The zero-order chi connectivity index (χ0) is 14.7. The van der Waals surface area contributed by atoms with Crippen LogP contribution in [0.1, 0.15) is 24.9 Å². The molecule has 0 aliphatic rings. The lowest BCUT2D eigenvalue weighted by Crippen LogP contribution is -2.09. The van der Waals surface area contributed by atoms with Gasteiger partial charge in [0.1, 0.15) is 0 Å². The molecule has 3 heteroatoms. The lowest BCUT2D eigenvalue weighted by Gasteiger charge is -2.20. The fourth-order valence-corrected chi connectivity index (χ4v) is 2.77. The van der Waals surface area contributed by atoms with E-state index < -0.39 is 0 Å². The first-order chi connectivity index (χ1) is 10.3. The predicted molar refractivity (Wildman–Crippen MR) is 89.8 cm³/mol. The Hall–Kier alpha value is -2.06. The summed E-state index contributed by atoms with van der Waals surface area (Å²) >= 11 is 6.23. The van der Waals surface area contributed by atoms with Gasteiger partial charge in [0.05, 0.1) is 16.6 Å². The molecule has 1 unspecified atom stereocenters. The van der Waals surface area contributed by atoms with E-state index in [4.69, 9.17) is 11.6 Å². The largest absolute Gasteiger partial charge is 0.378 e. The van der Waals surface area contributed by atoms with Gasteiger partial charge in [-0.05, 0) is 36.2 Å². The molecule has 1 aromatic heterocycles. The number of anilines is 1. The number of aromatic nitrogens is 1. The van der Waals surface area contributed by atoms with Gasteiger partial charge in [-0.15, -0.1) is 0 Å². The van der Waals surface area contributed by atoms with Crippen LogP contribution < -0.4 is 5.32 Å². The van der Waals surface area contributed by atoms with E-state index in [2.05, 4.69) is 41.5 Å². The molecule has 1 atom stereocenters. The summed E-state index contributed by atoms with van der Waals surface area (Å²) in [4.78, 5) is 4.38. The van der Waals surface area contributed by atoms with E-state index in [1.807, 2.05) is 30.3 Å². The first-order valence-corrected chi connectivity index (χ1v) is 7.52. The van der Waals surface area contributed by atoms with Gasteiger partial charge in [0.25, 0.3) is 0 Å². The number of halogens is 1. The molecule has 0 amide bonds. The van der Waals surface area contributed by atoms with Crippen LogP contribution in [0.3, 0.4) is 0 Å². The SMILES string of the molecule is CCC(Nc1ccc(Cl)c2ncccc12)c1ccccc1. The van der Waals surface area contributed by atoms with Crippen molar-refractivity contribution in [2.45, 2.75) is 19.4 Å². The molecule has 0 spiro atoms. The maximum Gasteiger partial charge on any atom is 0.0908 e. The van der Waals surface area contributed by atoms with Crippen LogP contribution in [0.15, 0.2) is 60.8 Å². The number of nitrogens with one attached hydrogen (secondary N) is 1. The molecule has 3 rings (SSSR count). The van der Waals surface area contributed by atoms with Crippen molar-refractivity contribution in [2.75, 3.05) is 5.32 Å². The third-order valence-corrected chi connectivity index (χ3v) is 3.97. The monoisotopic (exact) mass is 296 g/mol. The molecule has 2 nitrogen and oxygen atoms in total. The van der Waals surface area contributed by atoms with Crippen LogP contribution in [0.2, 0.25) is 5.02 Å². The smallest absolute Gasteiger partial charge is 0.0908 e. The van der Waals surface area contributed by atoms with E-state index >= 15 is 0 Å². The van der Waals surface area contributed by atoms with Gasteiger partial charge in [-0.1, -0.05) is 48.9 Å². The maximum absolute atomic E-state index is 6.23. The number of nitrogens with zero attached hydrogens (tertiary/aromatic N) is 1. The first-order valence-electron chi connectivity index (χ1n) is 7.14. The van der Waals surface area contributed by atoms with E-state index in [1.54, 1.807) is 6.20 Å². The van der Waals surface area contributed by atoms with Crippen molar-refractivity contribution in [2.24, 2.45) is 0 Å². The molecule has 3 aromatic rings. The number of benzene rings is 2.